The smallest absolute Gasteiger partial charge is 0.225 e. The molecule has 0 aliphatic heterocycles. The third kappa shape index (κ3) is 3.96. The maximum atomic E-state index is 11.6. The first-order valence-electron chi connectivity index (χ1n) is 5.04. The molecule has 0 aliphatic carbocycles. The van der Waals surface area contributed by atoms with Crippen LogP contribution in [0.5, 0.6) is 0 Å². The highest BCUT2D eigenvalue weighted by Crippen LogP contribution is 2.15. The lowest BCUT2D eigenvalue weighted by Gasteiger charge is -2.12. The van der Waals surface area contributed by atoms with Gasteiger partial charge in [0, 0.05) is 5.02 Å². The van der Waals surface area contributed by atoms with Crippen molar-refractivity contribution < 1.29 is 10.0 Å². The molecule has 0 fully saturated rings. The lowest BCUT2D eigenvalue weighted by molar-refractivity contribution is -0.120. The van der Waals surface area contributed by atoms with E-state index >= 15 is 0 Å². The predicted octanol–water partition coefficient (Wildman–Crippen LogP) is 1.13. The monoisotopic (exact) mass is 255 g/mol. The van der Waals surface area contributed by atoms with Gasteiger partial charge in [-0.1, -0.05) is 35.0 Å². The number of hydrogen-bond acceptors (Lipinski definition) is 3. The fourth-order valence-electron chi connectivity index (χ4n) is 1.27. The van der Waals surface area contributed by atoms with Crippen LogP contribution in [0.15, 0.2) is 29.4 Å². The lowest BCUT2D eigenvalue weighted by atomic mass is 10.1. The average Bonchev–Trinajstić information content (AvgIpc) is 2.31. The van der Waals surface area contributed by atoms with Gasteiger partial charge in [-0.25, -0.2) is 0 Å². The molecular weight excluding hydrogens is 242 g/mol. The van der Waals surface area contributed by atoms with Crippen molar-refractivity contribution in [2.75, 3.05) is 0 Å². The van der Waals surface area contributed by atoms with Gasteiger partial charge in [-0.2, -0.15) is 0 Å². The van der Waals surface area contributed by atoms with Gasteiger partial charge in [-0.15, -0.1) is 0 Å². The Bertz CT molecular complexity index is 434. The summed E-state index contributed by atoms with van der Waals surface area (Å²) in [6.45, 7) is 1.62. The minimum Gasteiger partial charge on any atom is -0.409 e. The van der Waals surface area contributed by atoms with Gasteiger partial charge in [0.05, 0.1) is 12.5 Å². The van der Waals surface area contributed by atoms with E-state index in [-0.39, 0.29) is 18.2 Å². The molecule has 0 radical (unpaired) electrons. The van der Waals surface area contributed by atoms with E-state index in [1.54, 1.807) is 25.1 Å². The van der Waals surface area contributed by atoms with E-state index in [0.717, 1.165) is 5.56 Å². The van der Waals surface area contributed by atoms with E-state index < -0.39 is 6.04 Å². The van der Waals surface area contributed by atoms with Crippen molar-refractivity contribution >= 4 is 23.3 Å². The first kappa shape index (κ1) is 13.3. The Morgan fingerprint density at radius 1 is 1.59 bits per heavy atom. The number of amides is 1. The van der Waals surface area contributed by atoms with E-state index in [1.165, 1.54) is 0 Å². The van der Waals surface area contributed by atoms with Crippen LogP contribution in [-0.2, 0) is 11.2 Å². The Hall–Kier alpha value is -1.75. The standard InChI is InChI=1S/C11H14ClN3O2/c1-7(11(13)15-17)14-10(16)6-8-4-2-3-5-9(8)12/h2-5,7,17H,6H2,1H3,(H2,13,15)(H,14,16). The molecule has 6 heteroatoms. The summed E-state index contributed by atoms with van der Waals surface area (Å²) in [7, 11) is 0. The first-order chi connectivity index (χ1) is 8.04. The fourth-order valence-corrected chi connectivity index (χ4v) is 1.47. The van der Waals surface area contributed by atoms with Crippen molar-refractivity contribution in [2.45, 2.75) is 19.4 Å². The van der Waals surface area contributed by atoms with Crippen molar-refractivity contribution in [3.8, 4) is 0 Å². The Balaban J connectivity index is 2.59. The van der Waals surface area contributed by atoms with Crippen LogP contribution in [0.1, 0.15) is 12.5 Å². The van der Waals surface area contributed by atoms with Gasteiger partial charge in [-0.05, 0) is 18.6 Å². The summed E-state index contributed by atoms with van der Waals surface area (Å²) in [6, 6.07) is 6.58. The summed E-state index contributed by atoms with van der Waals surface area (Å²) >= 11 is 5.93. The van der Waals surface area contributed by atoms with Crippen molar-refractivity contribution in [2.24, 2.45) is 10.9 Å². The van der Waals surface area contributed by atoms with Crippen molar-refractivity contribution in [1.82, 2.24) is 5.32 Å². The molecule has 0 saturated heterocycles. The Morgan fingerprint density at radius 3 is 2.82 bits per heavy atom. The van der Waals surface area contributed by atoms with Gasteiger partial charge in [0.15, 0.2) is 5.84 Å². The number of carbonyl (C=O) groups excluding carboxylic acids is 1. The number of nitrogens with two attached hydrogens (primary N) is 1. The maximum Gasteiger partial charge on any atom is 0.225 e. The molecule has 5 nitrogen and oxygen atoms in total. The van der Waals surface area contributed by atoms with E-state index in [4.69, 9.17) is 22.5 Å². The molecule has 1 unspecified atom stereocenters. The Kier molecular flexibility index (Phi) is 4.78. The van der Waals surface area contributed by atoms with Gasteiger partial charge in [0.1, 0.15) is 0 Å². The molecule has 92 valence electrons. The van der Waals surface area contributed by atoms with Crippen LogP contribution in [0, 0.1) is 0 Å². The summed E-state index contributed by atoms with van der Waals surface area (Å²) < 4.78 is 0. The Morgan fingerprint density at radius 2 is 2.24 bits per heavy atom. The molecule has 0 aromatic heterocycles. The molecule has 0 spiro atoms. The number of nitrogens with one attached hydrogen (secondary N) is 1. The zero-order valence-corrected chi connectivity index (χ0v) is 10.1. The number of oxime groups is 1. The Labute approximate surface area is 104 Å². The van der Waals surface area contributed by atoms with Gasteiger partial charge in [0.25, 0.3) is 0 Å². The second-order valence-corrected chi connectivity index (χ2v) is 3.99. The molecular formula is C11H14ClN3O2. The highest BCUT2D eigenvalue weighted by molar-refractivity contribution is 6.31. The second-order valence-electron chi connectivity index (χ2n) is 3.58. The molecule has 0 aliphatic rings. The molecule has 4 N–H and O–H groups in total. The molecule has 1 aromatic carbocycles. The van der Waals surface area contributed by atoms with E-state index in [0.29, 0.717) is 5.02 Å². The SMILES string of the molecule is CC(NC(=O)Cc1ccccc1Cl)/C(N)=N/O. The van der Waals surface area contributed by atoms with E-state index in [1.807, 2.05) is 6.07 Å². The number of nitrogens with zero attached hydrogens (tertiary/aromatic N) is 1. The molecule has 1 rings (SSSR count). The largest absolute Gasteiger partial charge is 0.409 e. The average molecular weight is 256 g/mol. The summed E-state index contributed by atoms with van der Waals surface area (Å²) in [5, 5.41) is 14.4. The van der Waals surface area contributed by atoms with Crippen LogP contribution in [0.2, 0.25) is 5.02 Å². The third-order valence-electron chi connectivity index (χ3n) is 2.25. The number of amidine groups is 1. The zero-order valence-electron chi connectivity index (χ0n) is 9.35. The zero-order chi connectivity index (χ0) is 12.8. The predicted molar refractivity (Wildman–Crippen MR) is 66.2 cm³/mol. The van der Waals surface area contributed by atoms with Gasteiger partial charge in [0.2, 0.25) is 5.91 Å². The maximum absolute atomic E-state index is 11.6. The molecule has 0 saturated carbocycles. The second kappa shape index (κ2) is 6.10. The van der Waals surface area contributed by atoms with Crippen LogP contribution >= 0.6 is 11.6 Å². The molecule has 1 atom stereocenters. The van der Waals surface area contributed by atoms with Crippen LogP contribution < -0.4 is 11.1 Å². The number of halogens is 1. The van der Waals surface area contributed by atoms with Gasteiger partial charge in [-0.3, -0.25) is 4.79 Å². The quantitative estimate of drug-likeness (QED) is 0.326. The highest BCUT2D eigenvalue weighted by atomic mass is 35.5. The van der Waals surface area contributed by atoms with E-state index in [2.05, 4.69) is 10.5 Å². The molecule has 1 aromatic rings. The normalized spacial score (nSPS) is 13.2. The van der Waals surface area contributed by atoms with Crippen LogP contribution in [0.4, 0.5) is 0 Å². The van der Waals surface area contributed by atoms with Crippen LogP contribution in [-0.4, -0.2) is 23.0 Å². The topological polar surface area (TPSA) is 87.7 Å². The van der Waals surface area contributed by atoms with Crippen molar-refractivity contribution in [3.63, 3.8) is 0 Å². The van der Waals surface area contributed by atoms with Gasteiger partial charge >= 0.3 is 0 Å². The van der Waals surface area contributed by atoms with E-state index in [9.17, 15) is 4.79 Å². The van der Waals surface area contributed by atoms with Crippen molar-refractivity contribution in [1.29, 1.82) is 0 Å². The van der Waals surface area contributed by atoms with Crippen molar-refractivity contribution in [3.05, 3.63) is 34.9 Å². The number of hydrogen-bond donors (Lipinski definition) is 3. The third-order valence-corrected chi connectivity index (χ3v) is 2.61. The lowest BCUT2D eigenvalue weighted by Crippen LogP contribution is -2.43. The number of rotatable bonds is 4. The number of carbonyl (C=O) groups is 1. The van der Waals surface area contributed by atoms with Crippen LogP contribution in [0.3, 0.4) is 0 Å². The molecule has 0 bridgehead atoms. The summed E-state index contributed by atoms with van der Waals surface area (Å²) in [4.78, 5) is 11.6. The summed E-state index contributed by atoms with van der Waals surface area (Å²) in [5.74, 6) is -0.283. The summed E-state index contributed by atoms with van der Waals surface area (Å²) in [5.41, 5.74) is 6.08. The van der Waals surface area contributed by atoms with Crippen LogP contribution in [0.25, 0.3) is 0 Å². The fraction of sp³-hybridized carbons (Fsp3) is 0.273. The molecule has 0 heterocycles. The molecule has 17 heavy (non-hydrogen) atoms. The first-order valence-corrected chi connectivity index (χ1v) is 5.42. The minimum atomic E-state index is -0.519. The molecule has 1 amide bonds. The minimum absolute atomic E-state index is 0.0440. The summed E-state index contributed by atoms with van der Waals surface area (Å²) in [6.07, 6.45) is 0.155. The highest BCUT2D eigenvalue weighted by Gasteiger charge is 2.12. The number of benzene rings is 1. The van der Waals surface area contributed by atoms with Gasteiger partial charge < -0.3 is 16.3 Å².